The first-order chi connectivity index (χ1) is 6.97. The van der Waals surface area contributed by atoms with Crippen LogP contribution in [-0.4, -0.2) is 16.0 Å². The Labute approximate surface area is 108 Å². The number of benzene rings is 1. The number of halogens is 2. The molecule has 0 N–H and O–H groups in total. The van der Waals surface area contributed by atoms with E-state index in [2.05, 4.69) is 15.9 Å². The Balaban J connectivity index is 3.46. The molecule has 0 saturated heterocycles. The number of carbonyl (C=O) groups excluding carboxylic acids is 1. The largest absolute Gasteiger partial charge is 0.293 e. The van der Waals surface area contributed by atoms with Crippen LogP contribution in [-0.2, 0) is 0 Å². The minimum Gasteiger partial charge on any atom is -0.293 e. The standard InChI is InChI=1S/C9H7BrINO3/c1-5-2-6(8(13)4-10)9(12(14)15)7(11)3-5/h2-3H,4H2,1H3. The van der Waals surface area contributed by atoms with Crippen molar-refractivity contribution in [2.24, 2.45) is 0 Å². The highest BCUT2D eigenvalue weighted by Gasteiger charge is 2.23. The molecule has 0 amide bonds. The zero-order chi connectivity index (χ0) is 11.6. The van der Waals surface area contributed by atoms with Crippen molar-refractivity contribution in [2.75, 3.05) is 5.33 Å². The summed E-state index contributed by atoms with van der Waals surface area (Å²) in [5.74, 6) is -0.275. The maximum Gasteiger partial charge on any atom is 0.293 e. The number of Topliss-reactive ketones (excluding diaryl/α,β-unsaturated/α-hetero) is 1. The molecule has 0 aliphatic carbocycles. The van der Waals surface area contributed by atoms with Gasteiger partial charge in [0.05, 0.1) is 19.4 Å². The lowest BCUT2D eigenvalue weighted by atomic mass is 10.1. The number of nitrogens with zero attached hydrogens (tertiary/aromatic N) is 1. The second-order valence-corrected chi connectivity index (χ2v) is 4.68. The molecular weight excluding hydrogens is 377 g/mol. The number of rotatable bonds is 3. The van der Waals surface area contributed by atoms with E-state index in [0.29, 0.717) is 3.57 Å². The van der Waals surface area contributed by atoms with Crippen LogP contribution in [0.4, 0.5) is 5.69 Å². The Morgan fingerprint density at radius 2 is 2.20 bits per heavy atom. The third-order valence-electron chi connectivity index (χ3n) is 1.81. The summed E-state index contributed by atoms with van der Waals surface area (Å²) < 4.78 is 0.488. The van der Waals surface area contributed by atoms with Gasteiger partial charge in [-0.2, -0.15) is 0 Å². The van der Waals surface area contributed by atoms with Gasteiger partial charge in [-0.3, -0.25) is 14.9 Å². The van der Waals surface area contributed by atoms with E-state index in [0.717, 1.165) is 5.56 Å². The van der Waals surface area contributed by atoms with E-state index >= 15 is 0 Å². The fourth-order valence-corrected chi connectivity index (χ4v) is 2.49. The van der Waals surface area contributed by atoms with Crippen molar-refractivity contribution in [3.63, 3.8) is 0 Å². The number of hydrogen-bond donors (Lipinski definition) is 0. The van der Waals surface area contributed by atoms with Crippen LogP contribution >= 0.6 is 38.5 Å². The summed E-state index contributed by atoms with van der Waals surface area (Å²) in [4.78, 5) is 21.8. The number of alkyl halides is 1. The maximum atomic E-state index is 11.5. The first-order valence-electron chi connectivity index (χ1n) is 4.01. The van der Waals surface area contributed by atoms with Crippen molar-refractivity contribution in [1.82, 2.24) is 0 Å². The normalized spacial score (nSPS) is 10.1. The van der Waals surface area contributed by atoms with E-state index in [9.17, 15) is 14.9 Å². The van der Waals surface area contributed by atoms with Gasteiger partial charge < -0.3 is 0 Å². The SMILES string of the molecule is Cc1cc(I)c([N+](=O)[O-])c(C(=O)CBr)c1. The Hall–Kier alpha value is -0.500. The smallest absolute Gasteiger partial charge is 0.293 e. The summed E-state index contributed by atoms with van der Waals surface area (Å²) in [5.41, 5.74) is 0.904. The van der Waals surface area contributed by atoms with Crippen molar-refractivity contribution in [3.8, 4) is 0 Å². The van der Waals surface area contributed by atoms with Gasteiger partial charge in [0.2, 0.25) is 0 Å². The molecule has 0 spiro atoms. The van der Waals surface area contributed by atoms with E-state index in [1.807, 2.05) is 22.6 Å². The van der Waals surface area contributed by atoms with E-state index in [1.165, 1.54) is 0 Å². The lowest BCUT2D eigenvalue weighted by Crippen LogP contribution is -2.07. The molecule has 0 bridgehead atoms. The number of ketones is 1. The quantitative estimate of drug-likeness (QED) is 0.265. The van der Waals surface area contributed by atoms with Gasteiger partial charge in [-0.15, -0.1) is 0 Å². The van der Waals surface area contributed by atoms with Gasteiger partial charge >= 0.3 is 0 Å². The fourth-order valence-electron chi connectivity index (χ4n) is 1.20. The Morgan fingerprint density at radius 1 is 1.60 bits per heavy atom. The van der Waals surface area contributed by atoms with E-state index in [1.54, 1.807) is 19.1 Å². The lowest BCUT2D eigenvalue weighted by molar-refractivity contribution is -0.386. The first kappa shape index (κ1) is 12.6. The molecule has 0 fully saturated rings. The third-order valence-corrected chi connectivity index (χ3v) is 3.14. The summed E-state index contributed by atoms with van der Waals surface area (Å²) >= 11 is 4.88. The van der Waals surface area contributed by atoms with Gasteiger partial charge in [-0.1, -0.05) is 15.9 Å². The predicted octanol–water partition coefficient (Wildman–Crippen LogP) is 3.09. The van der Waals surface area contributed by atoms with Gasteiger partial charge in [-0.25, -0.2) is 0 Å². The molecule has 0 radical (unpaired) electrons. The minimum atomic E-state index is -0.517. The Morgan fingerprint density at radius 3 is 2.67 bits per heavy atom. The third kappa shape index (κ3) is 2.75. The van der Waals surface area contributed by atoms with E-state index in [4.69, 9.17) is 0 Å². The zero-order valence-electron chi connectivity index (χ0n) is 7.79. The van der Waals surface area contributed by atoms with Gasteiger partial charge in [0.1, 0.15) is 0 Å². The highest BCUT2D eigenvalue weighted by atomic mass is 127. The molecule has 0 unspecified atom stereocenters. The summed E-state index contributed by atoms with van der Waals surface area (Å²) in [7, 11) is 0. The molecule has 4 nitrogen and oxygen atoms in total. The summed E-state index contributed by atoms with van der Waals surface area (Å²) in [6, 6.07) is 3.23. The molecule has 1 aromatic carbocycles. The van der Waals surface area contributed by atoms with E-state index in [-0.39, 0.29) is 22.4 Å². The molecule has 0 atom stereocenters. The molecule has 1 aromatic rings. The number of carbonyl (C=O) groups is 1. The fraction of sp³-hybridized carbons (Fsp3) is 0.222. The van der Waals surface area contributed by atoms with Gasteiger partial charge in [-0.05, 0) is 47.2 Å². The van der Waals surface area contributed by atoms with Gasteiger partial charge in [0.25, 0.3) is 5.69 Å². The topological polar surface area (TPSA) is 60.2 Å². The van der Waals surface area contributed by atoms with Crippen LogP contribution in [0.1, 0.15) is 15.9 Å². The molecule has 0 saturated carbocycles. The average Bonchev–Trinajstić information content (AvgIpc) is 2.14. The monoisotopic (exact) mass is 383 g/mol. The summed E-state index contributed by atoms with van der Waals surface area (Å²) in [5, 5.41) is 10.9. The summed E-state index contributed by atoms with van der Waals surface area (Å²) in [6.07, 6.45) is 0. The predicted molar refractivity (Wildman–Crippen MR) is 68.7 cm³/mol. The molecule has 0 aliphatic rings. The van der Waals surface area contributed by atoms with Crippen molar-refractivity contribution in [1.29, 1.82) is 0 Å². The summed E-state index contributed by atoms with van der Waals surface area (Å²) in [6.45, 7) is 1.80. The van der Waals surface area contributed by atoms with E-state index < -0.39 is 4.92 Å². The van der Waals surface area contributed by atoms with Crippen molar-refractivity contribution in [2.45, 2.75) is 6.92 Å². The van der Waals surface area contributed by atoms with Crippen LogP contribution in [0, 0.1) is 20.6 Å². The van der Waals surface area contributed by atoms with Crippen molar-refractivity contribution in [3.05, 3.63) is 36.9 Å². The van der Waals surface area contributed by atoms with Crippen LogP contribution in [0.2, 0.25) is 0 Å². The van der Waals surface area contributed by atoms with Crippen LogP contribution in [0.25, 0.3) is 0 Å². The maximum absolute atomic E-state index is 11.5. The highest BCUT2D eigenvalue weighted by molar-refractivity contribution is 14.1. The van der Waals surface area contributed by atoms with Gasteiger partial charge in [0.15, 0.2) is 5.78 Å². The molecule has 80 valence electrons. The molecule has 6 heteroatoms. The first-order valence-corrected chi connectivity index (χ1v) is 6.21. The Bertz CT molecular complexity index is 434. The van der Waals surface area contributed by atoms with Gasteiger partial charge in [0, 0.05) is 0 Å². The van der Waals surface area contributed by atoms with Crippen LogP contribution in [0.3, 0.4) is 0 Å². The highest BCUT2D eigenvalue weighted by Crippen LogP contribution is 2.27. The second-order valence-electron chi connectivity index (χ2n) is 2.96. The number of aryl methyl sites for hydroxylation is 1. The molecule has 0 aromatic heterocycles. The van der Waals surface area contributed by atoms with Crippen molar-refractivity contribution < 1.29 is 9.72 Å². The van der Waals surface area contributed by atoms with Crippen molar-refractivity contribution >= 4 is 50.0 Å². The minimum absolute atomic E-state index is 0.0906. The number of nitro groups is 1. The second kappa shape index (κ2) is 5.02. The van der Waals surface area contributed by atoms with Crippen LogP contribution < -0.4 is 0 Å². The average molecular weight is 384 g/mol. The zero-order valence-corrected chi connectivity index (χ0v) is 11.5. The Kier molecular flexibility index (Phi) is 4.21. The molecule has 1 rings (SSSR count). The lowest BCUT2D eigenvalue weighted by Gasteiger charge is -2.03. The molecule has 15 heavy (non-hydrogen) atoms. The molecular formula is C9H7BrINO3. The molecule has 0 heterocycles. The van der Waals surface area contributed by atoms with Crippen LogP contribution in [0.15, 0.2) is 12.1 Å². The molecule has 0 aliphatic heterocycles. The number of hydrogen-bond acceptors (Lipinski definition) is 3. The van der Waals surface area contributed by atoms with Crippen LogP contribution in [0.5, 0.6) is 0 Å². The number of nitro benzene ring substituents is 1.